The molecule has 0 aliphatic carbocycles. The molecule has 0 saturated heterocycles. The van der Waals surface area contributed by atoms with Crippen molar-refractivity contribution < 1.29 is 23.1 Å². The Bertz CT molecular complexity index is 635. The Morgan fingerprint density at radius 3 is 2.33 bits per heavy atom. The van der Waals surface area contributed by atoms with Gasteiger partial charge in [-0.2, -0.15) is 0 Å². The van der Waals surface area contributed by atoms with Gasteiger partial charge in [-0.1, -0.05) is 12.1 Å². The summed E-state index contributed by atoms with van der Waals surface area (Å²) in [5.74, 6) is -1.38. The van der Waals surface area contributed by atoms with Crippen LogP contribution in [0.1, 0.15) is 15.9 Å². The van der Waals surface area contributed by atoms with Gasteiger partial charge in [-0.3, -0.25) is 4.79 Å². The van der Waals surface area contributed by atoms with Crippen LogP contribution in [-0.2, 0) is 14.8 Å². The van der Waals surface area contributed by atoms with Gasteiger partial charge in [0.15, 0.2) is 0 Å². The number of aliphatic carboxylic acids is 1. The number of rotatable bonds is 7. The van der Waals surface area contributed by atoms with E-state index >= 15 is 0 Å². The molecule has 0 saturated carbocycles. The molecule has 1 aromatic rings. The molecule has 0 heterocycles. The summed E-state index contributed by atoms with van der Waals surface area (Å²) in [7, 11) is -3.26. The smallest absolute Gasteiger partial charge is 0.328 e. The van der Waals surface area contributed by atoms with E-state index in [-0.39, 0.29) is 19.0 Å². The third kappa shape index (κ3) is 7.23. The van der Waals surface area contributed by atoms with E-state index in [4.69, 9.17) is 5.11 Å². The van der Waals surface area contributed by atoms with Crippen molar-refractivity contribution in [2.45, 2.75) is 0 Å². The average Bonchev–Trinajstić information content (AvgIpc) is 2.40. The molecular weight excluding hydrogens is 296 g/mol. The third-order valence-corrected chi connectivity index (χ3v) is 3.09. The molecule has 114 valence electrons. The molecule has 21 heavy (non-hydrogen) atoms. The van der Waals surface area contributed by atoms with Gasteiger partial charge in [0.1, 0.15) is 0 Å². The highest BCUT2D eigenvalue weighted by Crippen LogP contribution is 2.06. The van der Waals surface area contributed by atoms with E-state index in [2.05, 4.69) is 10.0 Å². The van der Waals surface area contributed by atoms with Gasteiger partial charge in [-0.05, 0) is 23.8 Å². The number of carboxylic acid groups (broad SMARTS) is 1. The second-order valence-corrected chi connectivity index (χ2v) is 6.05. The number of amides is 1. The number of sulfonamides is 1. The van der Waals surface area contributed by atoms with E-state index in [9.17, 15) is 18.0 Å². The first kappa shape index (κ1) is 16.9. The number of carboxylic acids is 1. The Balaban J connectivity index is 2.50. The minimum atomic E-state index is -3.26. The van der Waals surface area contributed by atoms with Gasteiger partial charge >= 0.3 is 5.97 Å². The first-order valence-electron chi connectivity index (χ1n) is 6.02. The molecule has 8 heteroatoms. The number of hydrogen-bond acceptors (Lipinski definition) is 4. The lowest BCUT2D eigenvalue weighted by molar-refractivity contribution is -0.131. The third-order valence-electron chi connectivity index (χ3n) is 2.37. The molecule has 1 amide bonds. The van der Waals surface area contributed by atoms with Gasteiger partial charge in [0.25, 0.3) is 5.91 Å². The predicted molar refractivity (Wildman–Crippen MR) is 78.3 cm³/mol. The lowest BCUT2D eigenvalue weighted by Crippen LogP contribution is -2.34. The summed E-state index contributed by atoms with van der Waals surface area (Å²) in [6.45, 7) is 0.288. The van der Waals surface area contributed by atoms with Gasteiger partial charge < -0.3 is 10.4 Å². The average molecular weight is 312 g/mol. The molecule has 3 N–H and O–H groups in total. The van der Waals surface area contributed by atoms with Gasteiger partial charge in [-0.15, -0.1) is 0 Å². The summed E-state index contributed by atoms with van der Waals surface area (Å²) < 4.78 is 23.9. The molecule has 1 rings (SSSR count). The first-order chi connectivity index (χ1) is 9.78. The molecule has 0 aliphatic rings. The zero-order valence-corrected chi connectivity index (χ0v) is 12.2. The number of carbonyl (C=O) groups is 2. The van der Waals surface area contributed by atoms with Gasteiger partial charge in [0.05, 0.1) is 6.26 Å². The Kier molecular flexibility index (Phi) is 6.07. The van der Waals surface area contributed by atoms with E-state index in [1.54, 1.807) is 24.3 Å². The molecule has 1 aromatic carbocycles. The van der Waals surface area contributed by atoms with E-state index in [1.165, 1.54) is 6.08 Å². The van der Waals surface area contributed by atoms with Crippen LogP contribution in [0.25, 0.3) is 6.08 Å². The van der Waals surface area contributed by atoms with Crippen molar-refractivity contribution in [3.05, 3.63) is 41.5 Å². The summed E-state index contributed by atoms with van der Waals surface area (Å²) in [6.07, 6.45) is 3.46. The van der Waals surface area contributed by atoms with Crippen LogP contribution < -0.4 is 10.0 Å². The van der Waals surface area contributed by atoms with Gasteiger partial charge in [0, 0.05) is 24.7 Å². The maximum absolute atomic E-state index is 11.7. The fourth-order valence-corrected chi connectivity index (χ4v) is 1.90. The fourth-order valence-electron chi connectivity index (χ4n) is 1.43. The molecule has 0 spiro atoms. The Hall–Kier alpha value is -2.19. The molecule has 0 bridgehead atoms. The fraction of sp³-hybridized carbons (Fsp3) is 0.231. The van der Waals surface area contributed by atoms with Crippen LogP contribution in [0, 0.1) is 0 Å². The zero-order valence-electron chi connectivity index (χ0n) is 11.4. The van der Waals surface area contributed by atoms with Gasteiger partial charge in [0.2, 0.25) is 10.0 Å². The van der Waals surface area contributed by atoms with Crippen LogP contribution in [0.15, 0.2) is 30.3 Å². The van der Waals surface area contributed by atoms with Crippen LogP contribution in [0.2, 0.25) is 0 Å². The molecule has 0 unspecified atom stereocenters. The number of hydrogen-bond donors (Lipinski definition) is 3. The maximum atomic E-state index is 11.7. The summed E-state index contributed by atoms with van der Waals surface area (Å²) in [5.41, 5.74) is 1.06. The predicted octanol–water partition coefficient (Wildman–Crippen LogP) is 0.0634. The highest BCUT2D eigenvalue weighted by atomic mass is 32.2. The van der Waals surface area contributed by atoms with Crippen molar-refractivity contribution in [3.8, 4) is 0 Å². The van der Waals surface area contributed by atoms with E-state index in [1.807, 2.05) is 0 Å². The van der Waals surface area contributed by atoms with Gasteiger partial charge in [-0.25, -0.2) is 17.9 Å². The second kappa shape index (κ2) is 7.55. The monoisotopic (exact) mass is 312 g/mol. The second-order valence-electron chi connectivity index (χ2n) is 4.22. The van der Waals surface area contributed by atoms with Crippen molar-refractivity contribution in [3.63, 3.8) is 0 Å². The SMILES string of the molecule is CS(=O)(=O)NCCNC(=O)c1ccc(C=CC(=O)O)cc1. The number of benzene rings is 1. The van der Waals surface area contributed by atoms with Crippen LogP contribution >= 0.6 is 0 Å². The topological polar surface area (TPSA) is 113 Å². The summed E-state index contributed by atoms with van der Waals surface area (Å²) >= 11 is 0. The number of nitrogens with one attached hydrogen (secondary N) is 2. The molecule has 0 atom stereocenters. The van der Waals surface area contributed by atoms with E-state index in [0.29, 0.717) is 11.1 Å². The van der Waals surface area contributed by atoms with Crippen molar-refractivity contribution in [2.24, 2.45) is 0 Å². The molecular formula is C13H16N2O5S. The molecule has 0 aromatic heterocycles. The molecule has 0 aliphatic heterocycles. The van der Waals surface area contributed by atoms with Crippen LogP contribution in [0.5, 0.6) is 0 Å². The number of carbonyl (C=O) groups excluding carboxylic acids is 1. The summed E-state index contributed by atoms with van der Waals surface area (Å²) in [6, 6.07) is 6.34. The maximum Gasteiger partial charge on any atom is 0.328 e. The highest BCUT2D eigenvalue weighted by molar-refractivity contribution is 7.88. The standard InChI is InChI=1S/C13H16N2O5S/c1-21(19,20)15-9-8-14-13(18)11-5-2-10(3-6-11)4-7-12(16)17/h2-7,15H,8-9H2,1H3,(H,14,18)(H,16,17). The largest absolute Gasteiger partial charge is 0.478 e. The van der Waals surface area contributed by atoms with Crippen LogP contribution in [-0.4, -0.2) is 44.7 Å². The Labute approximate surface area is 122 Å². The molecule has 7 nitrogen and oxygen atoms in total. The Morgan fingerprint density at radius 1 is 1.19 bits per heavy atom. The van der Waals surface area contributed by atoms with Crippen molar-refractivity contribution in [2.75, 3.05) is 19.3 Å². The lowest BCUT2D eigenvalue weighted by Gasteiger charge is -2.06. The molecule has 0 radical (unpaired) electrons. The van der Waals surface area contributed by atoms with E-state index in [0.717, 1.165) is 12.3 Å². The first-order valence-corrected chi connectivity index (χ1v) is 7.91. The Morgan fingerprint density at radius 2 is 1.81 bits per heavy atom. The minimum Gasteiger partial charge on any atom is -0.478 e. The minimum absolute atomic E-state index is 0.115. The van der Waals surface area contributed by atoms with Crippen molar-refractivity contribution in [1.82, 2.24) is 10.0 Å². The van der Waals surface area contributed by atoms with Crippen LogP contribution in [0.4, 0.5) is 0 Å². The highest BCUT2D eigenvalue weighted by Gasteiger charge is 2.05. The lowest BCUT2D eigenvalue weighted by atomic mass is 10.1. The molecule has 0 fully saturated rings. The normalized spacial score (nSPS) is 11.5. The van der Waals surface area contributed by atoms with Crippen molar-refractivity contribution >= 4 is 28.0 Å². The van der Waals surface area contributed by atoms with E-state index < -0.39 is 16.0 Å². The summed E-state index contributed by atoms with van der Waals surface area (Å²) in [5, 5.41) is 11.1. The summed E-state index contributed by atoms with van der Waals surface area (Å²) in [4.78, 5) is 22.1. The zero-order chi connectivity index (χ0) is 15.9. The van der Waals surface area contributed by atoms with Crippen molar-refractivity contribution in [1.29, 1.82) is 0 Å². The quantitative estimate of drug-likeness (QED) is 0.487. The van der Waals surface area contributed by atoms with Crippen LogP contribution in [0.3, 0.4) is 0 Å².